The van der Waals surface area contributed by atoms with Gasteiger partial charge in [0.05, 0.1) is 11.2 Å². The largest absolute Gasteiger partial charge is 0.398 e. The maximum absolute atomic E-state index is 9.12. The highest BCUT2D eigenvalue weighted by atomic mass is 79.9. The molecule has 5 heteroatoms. The number of nitrogen functional groups attached to an aromatic ring is 1. The standard InChI is InChI=1S/C14H9BrN4/c15-9-6-11-12(17)3-4-13(14(11)18-8-9)19-5-1-2-10(19)7-16/h1-6,8H,17H2. The van der Waals surface area contributed by atoms with Gasteiger partial charge in [-0.2, -0.15) is 5.26 Å². The average Bonchev–Trinajstić information content (AvgIpc) is 2.88. The lowest BCUT2D eigenvalue weighted by Crippen LogP contribution is -1.99. The van der Waals surface area contributed by atoms with E-state index in [0.29, 0.717) is 11.4 Å². The Labute approximate surface area is 118 Å². The van der Waals surface area contributed by atoms with Crippen LogP contribution < -0.4 is 5.73 Å². The molecule has 0 unspecified atom stereocenters. The van der Waals surface area contributed by atoms with Gasteiger partial charge in [-0.1, -0.05) is 0 Å². The van der Waals surface area contributed by atoms with Crippen molar-refractivity contribution in [3.05, 3.63) is 52.9 Å². The first-order valence-corrected chi connectivity index (χ1v) is 6.41. The molecule has 0 saturated heterocycles. The van der Waals surface area contributed by atoms with Crippen molar-refractivity contribution >= 4 is 32.5 Å². The van der Waals surface area contributed by atoms with Crippen LogP contribution in [-0.2, 0) is 0 Å². The van der Waals surface area contributed by atoms with Crippen LogP contribution in [0.1, 0.15) is 5.69 Å². The third-order valence-electron chi connectivity index (χ3n) is 2.95. The number of anilines is 1. The summed E-state index contributed by atoms with van der Waals surface area (Å²) in [6.07, 6.45) is 3.56. The van der Waals surface area contributed by atoms with Gasteiger partial charge in [0, 0.05) is 27.9 Å². The molecule has 0 aliphatic heterocycles. The number of halogens is 1. The molecule has 0 radical (unpaired) electrons. The van der Waals surface area contributed by atoms with Crippen LogP contribution in [0.25, 0.3) is 16.6 Å². The van der Waals surface area contributed by atoms with Crippen molar-refractivity contribution < 1.29 is 0 Å². The summed E-state index contributed by atoms with van der Waals surface area (Å²) in [5.74, 6) is 0. The van der Waals surface area contributed by atoms with Gasteiger partial charge < -0.3 is 10.3 Å². The number of aromatic nitrogens is 2. The van der Waals surface area contributed by atoms with E-state index in [0.717, 1.165) is 21.1 Å². The van der Waals surface area contributed by atoms with Crippen molar-refractivity contribution in [3.8, 4) is 11.8 Å². The van der Waals surface area contributed by atoms with Crippen LogP contribution in [0.15, 0.2) is 47.2 Å². The Bertz CT molecular complexity index is 814. The highest BCUT2D eigenvalue weighted by molar-refractivity contribution is 9.10. The molecule has 3 rings (SSSR count). The molecule has 0 bridgehead atoms. The zero-order valence-electron chi connectivity index (χ0n) is 9.84. The topological polar surface area (TPSA) is 67.6 Å². The second-order valence-electron chi connectivity index (χ2n) is 4.10. The molecule has 2 heterocycles. The first kappa shape index (κ1) is 11.8. The van der Waals surface area contributed by atoms with Gasteiger partial charge >= 0.3 is 0 Å². The minimum Gasteiger partial charge on any atom is -0.398 e. The molecule has 2 N–H and O–H groups in total. The second kappa shape index (κ2) is 4.41. The van der Waals surface area contributed by atoms with Gasteiger partial charge in [0.15, 0.2) is 0 Å². The number of nitriles is 1. The van der Waals surface area contributed by atoms with Crippen molar-refractivity contribution in [2.24, 2.45) is 0 Å². The van der Waals surface area contributed by atoms with Crippen LogP contribution in [0.5, 0.6) is 0 Å². The Balaban J connectivity index is 2.38. The summed E-state index contributed by atoms with van der Waals surface area (Å²) in [4.78, 5) is 4.42. The summed E-state index contributed by atoms with van der Waals surface area (Å²) in [6.45, 7) is 0. The molecule has 0 amide bonds. The molecule has 0 atom stereocenters. The predicted molar refractivity (Wildman–Crippen MR) is 77.9 cm³/mol. The average molecular weight is 313 g/mol. The minimum atomic E-state index is 0.566. The quantitative estimate of drug-likeness (QED) is 0.701. The molecular weight excluding hydrogens is 304 g/mol. The lowest BCUT2D eigenvalue weighted by molar-refractivity contribution is 1.06. The van der Waals surface area contributed by atoms with Crippen molar-refractivity contribution in [2.75, 3.05) is 5.73 Å². The van der Waals surface area contributed by atoms with Crippen LogP contribution >= 0.6 is 15.9 Å². The summed E-state index contributed by atoms with van der Waals surface area (Å²) in [5.41, 5.74) is 8.83. The summed E-state index contributed by atoms with van der Waals surface area (Å²) in [7, 11) is 0. The first-order valence-electron chi connectivity index (χ1n) is 5.62. The van der Waals surface area contributed by atoms with Gasteiger partial charge in [-0.05, 0) is 46.3 Å². The van der Waals surface area contributed by atoms with E-state index in [1.54, 1.807) is 12.3 Å². The molecule has 4 nitrogen and oxygen atoms in total. The van der Waals surface area contributed by atoms with Crippen LogP contribution in [-0.4, -0.2) is 9.55 Å². The molecule has 0 fully saturated rings. The maximum atomic E-state index is 9.12. The van der Waals surface area contributed by atoms with E-state index in [9.17, 15) is 0 Å². The molecule has 3 aromatic rings. The van der Waals surface area contributed by atoms with Gasteiger partial charge in [0.1, 0.15) is 11.8 Å². The molecule has 92 valence electrons. The molecular formula is C14H9BrN4. The van der Waals surface area contributed by atoms with Crippen molar-refractivity contribution in [1.82, 2.24) is 9.55 Å². The molecule has 2 aromatic heterocycles. The lowest BCUT2D eigenvalue weighted by Gasteiger charge is -2.10. The molecule has 0 spiro atoms. The Hall–Kier alpha value is -2.32. The van der Waals surface area contributed by atoms with Crippen LogP contribution in [0, 0.1) is 11.3 Å². The Morgan fingerprint density at radius 2 is 2.16 bits per heavy atom. The SMILES string of the molecule is N#Cc1cccn1-c1ccc(N)c2cc(Br)cnc12. The fourth-order valence-corrected chi connectivity index (χ4v) is 2.41. The molecule has 19 heavy (non-hydrogen) atoms. The van der Waals surface area contributed by atoms with Gasteiger partial charge in [0.2, 0.25) is 0 Å². The lowest BCUT2D eigenvalue weighted by atomic mass is 10.1. The summed E-state index contributed by atoms with van der Waals surface area (Å²) >= 11 is 3.39. The highest BCUT2D eigenvalue weighted by Gasteiger charge is 2.10. The summed E-state index contributed by atoms with van der Waals surface area (Å²) in [5, 5.41) is 9.98. The van der Waals surface area contributed by atoms with E-state index in [-0.39, 0.29) is 0 Å². The molecule has 1 aromatic carbocycles. The van der Waals surface area contributed by atoms with Gasteiger partial charge in [-0.3, -0.25) is 4.98 Å². The van der Waals surface area contributed by atoms with Gasteiger partial charge in [0.25, 0.3) is 0 Å². The fourth-order valence-electron chi connectivity index (χ4n) is 2.08. The zero-order chi connectivity index (χ0) is 13.4. The number of hydrogen-bond acceptors (Lipinski definition) is 3. The number of nitrogens with two attached hydrogens (primary N) is 1. The summed E-state index contributed by atoms with van der Waals surface area (Å²) < 4.78 is 2.68. The van der Waals surface area contributed by atoms with Gasteiger partial charge in [-0.15, -0.1) is 0 Å². The molecule has 0 saturated carbocycles. The molecule has 0 aliphatic carbocycles. The Morgan fingerprint density at radius 1 is 1.32 bits per heavy atom. The van der Waals surface area contributed by atoms with Crippen LogP contribution in [0.3, 0.4) is 0 Å². The zero-order valence-corrected chi connectivity index (χ0v) is 11.4. The number of pyridine rings is 1. The van der Waals surface area contributed by atoms with Crippen LogP contribution in [0.2, 0.25) is 0 Å². The molecule has 0 aliphatic rings. The van der Waals surface area contributed by atoms with Crippen molar-refractivity contribution in [3.63, 3.8) is 0 Å². The van der Waals surface area contributed by atoms with Crippen LogP contribution in [0.4, 0.5) is 5.69 Å². The maximum Gasteiger partial charge on any atom is 0.124 e. The van der Waals surface area contributed by atoms with E-state index in [1.807, 2.05) is 35.0 Å². The number of rotatable bonds is 1. The van der Waals surface area contributed by atoms with E-state index < -0.39 is 0 Å². The monoisotopic (exact) mass is 312 g/mol. The minimum absolute atomic E-state index is 0.566. The first-order chi connectivity index (χ1) is 9.20. The second-order valence-corrected chi connectivity index (χ2v) is 5.01. The summed E-state index contributed by atoms with van der Waals surface area (Å²) in [6, 6.07) is 11.4. The Morgan fingerprint density at radius 3 is 2.95 bits per heavy atom. The smallest absolute Gasteiger partial charge is 0.124 e. The Kier molecular flexibility index (Phi) is 2.73. The van der Waals surface area contributed by atoms with E-state index in [4.69, 9.17) is 11.0 Å². The van der Waals surface area contributed by atoms with Crippen molar-refractivity contribution in [2.45, 2.75) is 0 Å². The third kappa shape index (κ3) is 1.86. The fraction of sp³-hybridized carbons (Fsp3) is 0. The number of hydrogen-bond donors (Lipinski definition) is 1. The predicted octanol–water partition coefficient (Wildman–Crippen LogP) is 3.24. The van der Waals surface area contributed by atoms with E-state index >= 15 is 0 Å². The van der Waals surface area contributed by atoms with E-state index in [2.05, 4.69) is 27.0 Å². The highest BCUT2D eigenvalue weighted by Crippen LogP contribution is 2.28. The van der Waals surface area contributed by atoms with Crippen molar-refractivity contribution in [1.29, 1.82) is 5.26 Å². The van der Waals surface area contributed by atoms with E-state index in [1.165, 1.54) is 0 Å². The number of fused-ring (bicyclic) bond motifs is 1. The third-order valence-corrected chi connectivity index (χ3v) is 3.39. The van der Waals surface area contributed by atoms with Gasteiger partial charge in [-0.25, -0.2) is 0 Å². The normalized spacial score (nSPS) is 10.5. The number of nitrogens with zero attached hydrogens (tertiary/aromatic N) is 3. The number of benzene rings is 1.